The standard InChI is InChI=1S/C18H21F3N4O4/c1-27-12-7-11(8-13(9-12)28-2)23-17(26)22-4-5-25-15-3-6-29-10-14(15)16(24-25)18(19,20)21/h7-9H,3-6,10H2,1-2H3,(H2,22,23,26). The maximum absolute atomic E-state index is 13.2. The van der Waals surface area contributed by atoms with E-state index >= 15 is 0 Å². The molecule has 8 nitrogen and oxygen atoms in total. The molecule has 2 heterocycles. The van der Waals surface area contributed by atoms with Crippen molar-refractivity contribution >= 4 is 11.7 Å². The number of methoxy groups -OCH3 is 2. The van der Waals surface area contributed by atoms with Crippen molar-refractivity contribution in [2.45, 2.75) is 25.7 Å². The molecule has 1 aliphatic heterocycles. The number of halogens is 3. The smallest absolute Gasteiger partial charge is 0.435 e. The Kier molecular flexibility index (Phi) is 6.16. The maximum atomic E-state index is 13.2. The van der Waals surface area contributed by atoms with E-state index in [4.69, 9.17) is 14.2 Å². The maximum Gasteiger partial charge on any atom is 0.435 e. The van der Waals surface area contributed by atoms with Crippen molar-refractivity contribution in [2.24, 2.45) is 0 Å². The lowest BCUT2D eigenvalue weighted by atomic mass is 10.1. The van der Waals surface area contributed by atoms with Crippen molar-refractivity contribution in [1.29, 1.82) is 0 Å². The molecular weight excluding hydrogens is 393 g/mol. The van der Waals surface area contributed by atoms with E-state index in [0.29, 0.717) is 35.9 Å². The molecule has 11 heteroatoms. The van der Waals surface area contributed by atoms with Crippen molar-refractivity contribution in [2.75, 3.05) is 32.7 Å². The second-order valence-electron chi connectivity index (χ2n) is 6.28. The monoisotopic (exact) mass is 414 g/mol. The molecule has 0 radical (unpaired) electrons. The van der Waals surface area contributed by atoms with Crippen molar-refractivity contribution in [1.82, 2.24) is 15.1 Å². The molecule has 29 heavy (non-hydrogen) atoms. The molecule has 0 saturated heterocycles. The van der Waals surface area contributed by atoms with Crippen LogP contribution in [0.3, 0.4) is 0 Å². The van der Waals surface area contributed by atoms with Gasteiger partial charge >= 0.3 is 12.2 Å². The van der Waals surface area contributed by atoms with Crippen LogP contribution >= 0.6 is 0 Å². The molecule has 0 spiro atoms. The zero-order valence-corrected chi connectivity index (χ0v) is 15.9. The van der Waals surface area contributed by atoms with E-state index in [2.05, 4.69) is 15.7 Å². The predicted octanol–water partition coefficient (Wildman–Crippen LogP) is 2.81. The van der Waals surface area contributed by atoms with Gasteiger partial charge in [-0.15, -0.1) is 0 Å². The van der Waals surface area contributed by atoms with Crippen LogP contribution in [0, 0.1) is 0 Å². The summed E-state index contributed by atoms with van der Waals surface area (Å²) in [7, 11) is 2.98. The second kappa shape index (κ2) is 8.60. The van der Waals surface area contributed by atoms with E-state index in [-0.39, 0.29) is 25.3 Å². The van der Waals surface area contributed by atoms with Gasteiger partial charge in [-0.05, 0) is 0 Å². The van der Waals surface area contributed by atoms with Gasteiger partial charge in [-0.1, -0.05) is 0 Å². The van der Waals surface area contributed by atoms with E-state index in [1.807, 2.05) is 0 Å². The number of nitrogens with one attached hydrogen (secondary N) is 2. The summed E-state index contributed by atoms with van der Waals surface area (Å²) in [6, 6.07) is 4.37. The van der Waals surface area contributed by atoms with Gasteiger partial charge in [-0.3, -0.25) is 4.68 Å². The molecule has 158 valence electrons. The normalized spacial score (nSPS) is 13.6. The van der Waals surface area contributed by atoms with Crippen LogP contribution in [0.15, 0.2) is 18.2 Å². The lowest BCUT2D eigenvalue weighted by Gasteiger charge is -2.15. The number of hydrogen-bond acceptors (Lipinski definition) is 5. The topological polar surface area (TPSA) is 86.6 Å². The summed E-state index contributed by atoms with van der Waals surface area (Å²) >= 11 is 0. The van der Waals surface area contributed by atoms with Gasteiger partial charge in [0.1, 0.15) is 11.5 Å². The summed E-state index contributed by atoms with van der Waals surface area (Å²) in [6.07, 6.45) is -4.21. The number of hydrogen-bond donors (Lipinski definition) is 2. The second-order valence-corrected chi connectivity index (χ2v) is 6.28. The van der Waals surface area contributed by atoms with Crippen molar-refractivity contribution < 1.29 is 32.2 Å². The highest BCUT2D eigenvalue weighted by Gasteiger charge is 2.39. The van der Waals surface area contributed by atoms with Crippen LogP contribution < -0.4 is 20.1 Å². The molecule has 1 aliphatic rings. The van der Waals surface area contributed by atoms with Gasteiger partial charge in [0.2, 0.25) is 0 Å². The summed E-state index contributed by atoms with van der Waals surface area (Å²) in [4.78, 5) is 12.1. The van der Waals surface area contributed by atoms with E-state index < -0.39 is 17.9 Å². The highest BCUT2D eigenvalue weighted by atomic mass is 19.4. The molecule has 0 bridgehead atoms. The Balaban J connectivity index is 1.62. The Bertz CT molecular complexity index is 860. The van der Waals surface area contributed by atoms with E-state index in [9.17, 15) is 18.0 Å². The van der Waals surface area contributed by atoms with Gasteiger partial charge in [0, 0.05) is 48.1 Å². The number of carbonyl (C=O) groups is 1. The van der Waals surface area contributed by atoms with Crippen molar-refractivity contribution in [3.8, 4) is 11.5 Å². The van der Waals surface area contributed by atoms with Crippen LogP contribution in [0.5, 0.6) is 11.5 Å². The number of benzene rings is 1. The first-order valence-electron chi connectivity index (χ1n) is 8.83. The molecule has 2 N–H and O–H groups in total. The average molecular weight is 414 g/mol. The number of aromatic nitrogens is 2. The Morgan fingerprint density at radius 2 is 1.93 bits per heavy atom. The first kappa shape index (κ1) is 20.8. The van der Waals surface area contributed by atoms with Gasteiger partial charge in [0.15, 0.2) is 5.69 Å². The van der Waals surface area contributed by atoms with Crippen LogP contribution in [0.2, 0.25) is 0 Å². The van der Waals surface area contributed by atoms with Gasteiger partial charge in [0.05, 0.1) is 34.0 Å². The summed E-state index contributed by atoms with van der Waals surface area (Å²) in [6.45, 7) is 0.420. The van der Waals surface area contributed by atoms with Crippen LogP contribution in [0.4, 0.5) is 23.7 Å². The highest BCUT2D eigenvalue weighted by molar-refractivity contribution is 5.89. The highest BCUT2D eigenvalue weighted by Crippen LogP contribution is 2.34. The third-order valence-electron chi connectivity index (χ3n) is 4.38. The molecule has 0 saturated carbocycles. The molecule has 0 aliphatic carbocycles. The van der Waals surface area contributed by atoms with Crippen molar-refractivity contribution in [3.63, 3.8) is 0 Å². The number of nitrogens with zero attached hydrogens (tertiary/aromatic N) is 2. The molecule has 0 unspecified atom stereocenters. The Morgan fingerprint density at radius 3 is 2.55 bits per heavy atom. The van der Waals surface area contributed by atoms with Crippen LogP contribution in [-0.4, -0.2) is 43.2 Å². The number of ether oxygens (including phenoxy) is 3. The van der Waals surface area contributed by atoms with E-state index in [0.717, 1.165) is 0 Å². The van der Waals surface area contributed by atoms with Gasteiger partial charge < -0.3 is 24.8 Å². The van der Waals surface area contributed by atoms with Gasteiger partial charge in [0.25, 0.3) is 0 Å². The molecule has 1 aromatic heterocycles. The number of fused-ring (bicyclic) bond motifs is 1. The Morgan fingerprint density at radius 1 is 1.24 bits per heavy atom. The van der Waals surface area contributed by atoms with Crippen LogP contribution in [0.1, 0.15) is 17.0 Å². The SMILES string of the molecule is COc1cc(NC(=O)NCCn2nc(C(F)(F)F)c3c2CCOC3)cc(OC)c1. The fourth-order valence-corrected chi connectivity index (χ4v) is 3.05. The molecule has 0 atom stereocenters. The Hall–Kier alpha value is -2.95. The minimum Gasteiger partial charge on any atom is -0.497 e. The third kappa shape index (κ3) is 4.91. The fourth-order valence-electron chi connectivity index (χ4n) is 3.05. The lowest BCUT2D eigenvalue weighted by molar-refractivity contribution is -0.142. The number of anilines is 1. The first-order chi connectivity index (χ1) is 13.8. The van der Waals surface area contributed by atoms with Crippen LogP contribution in [0.25, 0.3) is 0 Å². The quantitative estimate of drug-likeness (QED) is 0.759. The molecule has 0 fully saturated rings. The number of amides is 2. The summed E-state index contributed by atoms with van der Waals surface area (Å²) < 4.78 is 56.2. The zero-order chi connectivity index (χ0) is 21.0. The summed E-state index contributed by atoms with van der Waals surface area (Å²) in [5, 5.41) is 8.93. The average Bonchev–Trinajstić information content (AvgIpc) is 3.07. The molecule has 2 amide bonds. The van der Waals surface area contributed by atoms with Crippen LogP contribution in [-0.2, 0) is 30.5 Å². The summed E-state index contributed by atoms with van der Waals surface area (Å²) in [5.74, 6) is 1.01. The first-order valence-corrected chi connectivity index (χ1v) is 8.83. The zero-order valence-electron chi connectivity index (χ0n) is 15.9. The number of alkyl halides is 3. The fraction of sp³-hybridized carbons (Fsp3) is 0.444. The van der Waals surface area contributed by atoms with Crippen molar-refractivity contribution in [3.05, 3.63) is 35.2 Å². The molecular formula is C18H21F3N4O4. The summed E-state index contributed by atoms with van der Waals surface area (Å²) in [5.41, 5.74) is 0.0757. The number of urea groups is 1. The molecule has 2 aromatic rings. The van der Waals surface area contributed by atoms with Gasteiger partial charge in [-0.25, -0.2) is 4.79 Å². The van der Waals surface area contributed by atoms with E-state index in [1.165, 1.54) is 18.9 Å². The lowest BCUT2D eigenvalue weighted by Crippen LogP contribution is -2.32. The molecule has 3 rings (SSSR count). The molecule has 1 aromatic carbocycles. The number of rotatable bonds is 6. The minimum atomic E-state index is -4.55. The largest absolute Gasteiger partial charge is 0.497 e. The predicted molar refractivity (Wildman–Crippen MR) is 97.2 cm³/mol. The van der Waals surface area contributed by atoms with E-state index in [1.54, 1.807) is 18.2 Å². The van der Waals surface area contributed by atoms with Gasteiger partial charge in [-0.2, -0.15) is 18.3 Å². The third-order valence-corrected chi connectivity index (χ3v) is 4.38. The minimum absolute atomic E-state index is 0.0664. The number of carbonyl (C=O) groups excluding carboxylic acids is 1. The Labute approximate surface area is 164 Å².